The summed E-state index contributed by atoms with van der Waals surface area (Å²) in [7, 11) is 0. The van der Waals surface area contributed by atoms with E-state index in [9.17, 15) is 10.2 Å². The lowest BCUT2D eigenvalue weighted by Gasteiger charge is -2.14. The van der Waals surface area contributed by atoms with Gasteiger partial charge in [-0.2, -0.15) is 0 Å². The van der Waals surface area contributed by atoms with Gasteiger partial charge < -0.3 is 29.2 Å². The molecule has 2 aromatic rings. The third-order valence-corrected chi connectivity index (χ3v) is 4.77. The topological polar surface area (TPSA) is 77.4 Å². The lowest BCUT2D eigenvalue weighted by Crippen LogP contribution is -2.00. The van der Waals surface area contributed by atoms with Crippen molar-refractivity contribution >= 4 is 0 Å². The Labute approximate surface area is 151 Å². The van der Waals surface area contributed by atoms with Crippen LogP contribution in [0, 0.1) is 0 Å². The summed E-state index contributed by atoms with van der Waals surface area (Å²) in [4.78, 5) is 0. The van der Waals surface area contributed by atoms with Crippen molar-refractivity contribution in [3.05, 3.63) is 47.5 Å². The van der Waals surface area contributed by atoms with Gasteiger partial charge in [-0.05, 0) is 48.2 Å². The van der Waals surface area contributed by atoms with Gasteiger partial charge >= 0.3 is 0 Å². The first-order valence-electron chi connectivity index (χ1n) is 8.86. The molecule has 2 aliphatic rings. The zero-order valence-corrected chi connectivity index (χ0v) is 14.4. The van der Waals surface area contributed by atoms with Crippen LogP contribution in [-0.4, -0.2) is 23.8 Å². The van der Waals surface area contributed by atoms with Gasteiger partial charge in [-0.25, -0.2) is 0 Å². The minimum Gasteiger partial charge on any atom is -0.454 e. The van der Waals surface area contributed by atoms with Gasteiger partial charge in [-0.15, -0.1) is 0 Å². The van der Waals surface area contributed by atoms with Crippen molar-refractivity contribution < 1.29 is 29.2 Å². The number of ether oxygens (including phenoxy) is 4. The number of aliphatic hydroxyl groups excluding tert-OH is 2. The number of benzene rings is 2. The van der Waals surface area contributed by atoms with E-state index in [-0.39, 0.29) is 13.6 Å². The molecule has 2 N–H and O–H groups in total. The summed E-state index contributed by atoms with van der Waals surface area (Å²) in [5.74, 6) is 2.79. The number of rotatable bonds is 7. The van der Waals surface area contributed by atoms with Gasteiger partial charge in [0.15, 0.2) is 23.0 Å². The molecule has 0 fully saturated rings. The Morgan fingerprint density at radius 3 is 1.54 bits per heavy atom. The summed E-state index contributed by atoms with van der Waals surface area (Å²) in [6.07, 6.45) is 1.80. The Bertz CT molecular complexity index is 709. The molecule has 6 nitrogen and oxygen atoms in total. The molecule has 2 unspecified atom stereocenters. The Balaban J connectivity index is 1.24. The van der Waals surface area contributed by atoms with Crippen LogP contribution >= 0.6 is 0 Å². The van der Waals surface area contributed by atoms with E-state index in [1.807, 2.05) is 36.4 Å². The fraction of sp³-hybridized carbons (Fsp3) is 0.400. The van der Waals surface area contributed by atoms with E-state index in [2.05, 4.69) is 0 Å². The highest BCUT2D eigenvalue weighted by atomic mass is 16.7. The van der Waals surface area contributed by atoms with Crippen LogP contribution in [0.25, 0.3) is 0 Å². The van der Waals surface area contributed by atoms with Crippen LogP contribution in [0.1, 0.15) is 49.0 Å². The molecule has 26 heavy (non-hydrogen) atoms. The van der Waals surface area contributed by atoms with E-state index in [0.717, 1.165) is 24.0 Å². The minimum atomic E-state index is -0.549. The average molecular weight is 358 g/mol. The maximum absolute atomic E-state index is 10.4. The molecule has 2 heterocycles. The molecule has 0 aromatic heterocycles. The average Bonchev–Trinajstić information content (AvgIpc) is 3.32. The number of aliphatic hydroxyl groups is 2. The molecule has 0 amide bonds. The van der Waals surface area contributed by atoms with Crippen molar-refractivity contribution in [2.24, 2.45) is 0 Å². The first-order valence-corrected chi connectivity index (χ1v) is 8.86. The molecule has 138 valence electrons. The van der Waals surface area contributed by atoms with E-state index >= 15 is 0 Å². The van der Waals surface area contributed by atoms with Crippen LogP contribution in [0.4, 0.5) is 0 Å². The standard InChI is InChI=1S/C20H22O6/c21-15(13-5-7-17-19(9-13)25-11-23-17)3-1-2-4-16(22)14-6-8-18-20(10-14)26-12-24-18/h5-10,15-16,21-22H,1-4,11-12H2. The fourth-order valence-electron chi connectivity index (χ4n) is 3.25. The van der Waals surface area contributed by atoms with Crippen molar-refractivity contribution in [1.82, 2.24) is 0 Å². The molecule has 0 bridgehead atoms. The Morgan fingerprint density at radius 1 is 0.654 bits per heavy atom. The van der Waals surface area contributed by atoms with Gasteiger partial charge in [-0.1, -0.05) is 25.0 Å². The molecular formula is C20H22O6. The monoisotopic (exact) mass is 358 g/mol. The van der Waals surface area contributed by atoms with Gasteiger partial charge in [-0.3, -0.25) is 0 Å². The normalized spacial score (nSPS) is 16.5. The van der Waals surface area contributed by atoms with E-state index in [1.165, 1.54) is 0 Å². The molecule has 2 atom stereocenters. The number of hydrogen-bond donors (Lipinski definition) is 2. The van der Waals surface area contributed by atoms with Crippen LogP contribution in [0.2, 0.25) is 0 Å². The highest BCUT2D eigenvalue weighted by Crippen LogP contribution is 2.36. The summed E-state index contributed by atoms with van der Waals surface area (Å²) in [6.45, 7) is 0.458. The summed E-state index contributed by atoms with van der Waals surface area (Å²) in [5, 5.41) is 20.7. The highest BCUT2D eigenvalue weighted by molar-refractivity contribution is 5.45. The van der Waals surface area contributed by atoms with Crippen molar-refractivity contribution in [2.75, 3.05) is 13.6 Å². The van der Waals surface area contributed by atoms with Gasteiger partial charge in [0.2, 0.25) is 13.6 Å². The number of fused-ring (bicyclic) bond motifs is 2. The lowest BCUT2D eigenvalue weighted by atomic mass is 9.99. The molecule has 0 saturated carbocycles. The molecule has 2 aromatic carbocycles. The molecule has 2 aliphatic heterocycles. The van der Waals surface area contributed by atoms with Crippen LogP contribution in [0.3, 0.4) is 0 Å². The third-order valence-electron chi connectivity index (χ3n) is 4.77. The summed E-state index contributed by atoms with van der Waals surface area (Å²) in [6, 6.07) is 11.0. The Hall–Kier alpha value is -2.44. The van der Waals surface area contributed by atoms with Crippen LogP contribution in [0.5, 0.6) is 23.0 Å². The zero-order valence-electron chi connectivity index (χ0n) is 14.4. The first-order chi connectivity index (χ1) is 12.7. The fourth-order valence-corrected chi connectivity index (χ4v) is 3.25. The SMILES string of the molecule is OC(CCCCC(O)c1ccc2c(c1)OCO2)c1ccc2c(c1)OCO2. The summed E-state index contributed by atoms with van der Waals surface area (Å²) in [5.41, 5.74) is 1.65. The minimum absolute atomic E-state index is 0.229. The van der Waals surface area contributed by atoms with E-state index in [0.29, 0.717) is 35.8 Å². The van der Waals surface area contributed by atoms with Crippen molar-refractivity contribution in [1.29, 1.82) is 0 Å². The second-order valence-corrected chi connectivity index (χ2v) is 6.54. The van der Waals surface area contributed by atoms with Gasteiger partial charge in [0.25, 0.3) is 0 Å². The molecule has 0 aliphatic carbocycles. The van der Waals surface area contributed by atoms with Crippen LogP contribution < -0.4 is 18.9 Å². The summed E-state index contributed by atoms with van der Waals surface area (Å²) < 4.78 is 21.2. The summed E-state index contributed by atoms with van der Waals surface area (Å²) >= 11 is 0. The van der Waals surface area contributed by atoms with Gasteiger partial charge in [0, 0.05) is 0 Å². The van der Waals surface area contributed by atoms with E-state index < -0.39 is 12.2 Å². The van der Waals surface area contributed by atoms with Gasteiger partial charge in [0.05, 0.1) is 12.2 Å². The second kappa shape index (κ2) is 7.43. The molecule has 6 heteroatoms. The van der Waals surface area contributed by atoms with Crippen molar-refractivity contribution in [2.45, 2.75) is 37.9 Å². The maximum Gasteiger partial charge on any atom is 0.231 e. The smallest absolute Gasteiger partial charge is 0.231 e. The number of hydrogen-bond acceptors (Lipinski definition) is 6. The Morgan fingerprint density at radius 2 is 1.08 bits per heavy atom. The predicted molar refractivity (Wildman–Crippen MR) is 93.5 cm³/mol. The van der Waals surface area contributed by atoms with E-state index in [4.69, 9.17) is 18.9 Å². The molecule has 0 spiro atoms. The zero-order chi connectivity index (χ0) is 17.9. The molecule has 4 rings (SSSR count). The third kappa shape index (κ3) is 3.57. The number of unbranched alkanes of at least 4 members (excludes halogenated alkanes) is 1. The van der Waals surface area contributed by atoms with Crippen LogP contribution in [0.15, 0.2) is 36.4 Å². The molecule has 0 saturated heterocycles. The van der Waals surface area contributed by atoms with E-state index in [1.54, 1.807) is 0 Å². The van der Waals surface area contributed by atoms with Crippen LogP contribution in [-0.2, 0) is 0 Å². The lowest BCUT2D eigenvalue weighted by molar-refractivity contribution is 0.146. The van der Waals surface area contributed by atoms with Crippen molar-refractivity contribution in [3.63, 3.8) is 0 Å². The van der Waals surface area contributed by atoms with Crippen molar-refractivity contribution in [3.8, 4) is 23.0 Å². The largest absolute Gasteiger partial charge is 0.454 e. The first kappa shape index (κ1) is 17.0. The Kier molecular flexibility index (Phi) is 4.86. The quantitative estimate of drug-likeness (QED) is 0.738. The maximum atomic E-state index is 10.4. The highest BCUT2D eigenvalue weighted by Gasteiger charge is 2.18. The molecule has 0 radical (unpaired) electrons. The van der Waals surface area contributed by atoms with Gasteiger partial charge in [0.1, 0.15) is 0 Å². The second-order valence-electron chi connectivity index (χ2n) is 6.54. The predicted octanol–water partition coefficient (Wildman–Crippen LogP) is 3.47. The molecular weight excluding hydrogens is 336 g/mol.